The molecule has 1 aromatic carbocycles. The van der Waals surface area contributed by atoms with Gasteiger partial charge in [-0.2, -0.15) is 0 Å². The first-order valence-corrected chi connectivity index (χ1v) is 7.57. The zero-order chi connectivity index (χ0) is 14.8. The highest BCUT2D eigenvalue weighted by Crippen LogP contribution is 2.31. The van der Waals surface area contributed by atoms with E-state index in [0.717, 1.165) is 0 Å². The van der Waals surface area contributed by atoms with Crippen LogP contribution < -0.4 is 16.0 Å². The van der Waals surface area contributed by atoms with Crippen LogP contribution in [0.5, 0.6) is 0 Å². The van der Waals surface area contributed by atoms with Crippen LogP contribution in [0.1, 0.15) is 0 Å². The van der Waals surface area contributed by atoms with Crippen molar-refractivity contribution in [1.29, 1.82) is 0 Å². The standard InChI is InChI=1S/C11H10Cl2N4O2S/c12-8-2-1-3-9(11(8)13)17-20(18,19)7-4-5-10(16-14)15-6-7/h1-6,17H,14H2,(H,15,16). The van der Waals surface area contributed by atoms with Crippen LogP contribution in [0.3, 0.4) is 0 Å². The topological polar surface area (TPSA) is 97.1 Å². The lowest BCUT2D eigenvalue weighted by Gasteiger charge is -2.10. The first-order valence-electron chi connectivity index (χ1n) is 5.33. The van der Waals surface area contributed by atoms with Gasteiger partial charge in [0, 0.05) is 6.20 Å². The highest BCUT2D eigenvalue weighted by molar-refractivity contribution is 7.92. The summed E-state index contributed by atoms with van der Waals surface area (Å²) in [6, 6.07) is 7.46. The molecule has 0 spiro atoms. The highest BCUT2D eigenvalue weighted by Gasteiger charge is 2.17. The molecular weight excluding hydrogens is 323 g/mol. The lowest BCUT2D eigenvalue weighted by Crippen LogP contribution is -2.14. The van der Waals surface area contributed by atoms with Crippen molar-refractivity contribution < 1.29 is 8.42 Å². The third-order valence-electron chi connectivity index (χ3n) is 2.39. The average molecular weight is 333 g/mol. The molecule has 0 unspecified atom stereocenters. The van der Waals surface area contributed by atoms with Crippen LogP contribution in [0.4, 0.5) is 11.5 Å². The molecule has 6 nitrogen and oxygen atoms in total. The SMILES string of the molecule is NNc1ccc(S(=O)(=O)Nc2cccc(Cl)c2Cl)cn1. The number of nitrogens with two attached hydrogens (primary N) is 1. The Bertz CT molecular complexity index is 720. The van der Waals surface area contributed by atoms with Crippen molar-refractivity contribution in [3.8, 4) is 0 Å². The summed E-state index contributed by atoms with van der Waals surface area (Å²) in [5.41, 5.74) is 2.50. The number of rotatable bonds is 4. The van der Waals surface area contributed by atoms with E-state index in [-0.39, 0.29) is 20.6 Å². The van der Waals surface area contributed by atoms with Crippen LogP contribution >= 0.6 is 23.2 Å². The molecule has 0 saturated carbocycles. The fourth-order valence-electron chi connectivity index (χ4n) is 1.41. The summed E-state index contributed by atoms with van der Waals surface area (Å²) in [6.45, 7) is 0. The molecule has 4 N–H and O–H groups in total. The van der Waals surface area contributed by atoms with Gasteiger partial charge < -0.3 is 5.43 Å². The first-order chi connectivity index (χ1) is 9.44. The molecule has 0 amide bonds. The lowest BCUT2D eigenvalue weighted by molar-refractivity contribution is 0.601. The van der Waals surface area contributed by atoms with E-state index >= 15 is 0 Å². The molecule has 0 bridgehead atoms. The highest BCUT2D eigenvalue weighted by atomic mass is 35.5. The van der Waals surface area contributed by atoms with E-state index in [1.807, 2.05) is 0 Å². The van der Waals surface area contributed by atoms with E-state index in [1.165, 1.54) is 24.4 Å². The summed E-state index contributed by atoms with van der Waals surface area (Å²) >= 11 is 11.8. The number of anilines is 2. The molecule has 0 saturated heterocycles. The van der Waals surface area contributed by atoms with Crippen LogP contribution in [-0.2, 0) is 10.0 Å². The number of aromatic nitrogens is 1. The van der Waals surface area contributed by atoms with Gasteiger partial charge in [-0.25, -0.2) is 19.2 Å². The summed E-state index contributed by atoms with van der Waals surface area (Å²) in [4.78, 5) is 3.81. The molecule has 20 heavy (non-hydrogen) atoms. The molecule has 2 aromatic rings. The third kappa shape index (κ3) is 3.13. The second kappa shape index (κ2) is 5.84. The zero-order valence-electron chi connectivity index (χ0n) is 9.97. The first kappa shape index (κ1) is 14.9. The second-order valence-electron chi connectivity index (χ2n) is 3.73. The summed E-state index contributed by atoms with van der Waals surface area (Å²) in [7, 11) is -3.80. The van der Waals surface area contributed by atoms with Crippen molar-refractivity contribution in [2.75, 3.05) is 10.1 Å². The Morgan fingerprint density at radius 3 is 2.50 bits per heavy atom. The number of nitrogens with zero attached hydrogens (tertiary/aromatic N) is 1. The molecule has 0 fully saturated rings. The van der Waals surface area contributed by atoms with E-state index in [1.54, 1.807) is 12.1 Å². The molecule has 1 heterocycles. The van der Waals surface area contributed by atoms with Crippen molar-refractivity contribution in [3.05, 3.63) is 46.6 Å². The van der Waals surface area contributed by atoms with Gasteiger partial charge in [0.2, 0.25) is 0 Å². The minimum Gasteiger partial charge on any atom is -0.308 e. The zero-order valence-corrected chi connectivity index (χ0v) is 12.3. The number of nitrogens with one attached hydrogen (secondary N) is 2. The van der Waals surface area contributed by atoms with E-state index in [2.05, 4.69) is 15.1 Å². The van der Waals surface area contributed by atoms with Crippen LogP contribution in [-0.4, -0.2) is 13.4 Å². The van der Waals surface area contributed by atoms with Gasteiger partial charge in [-0.1, -0.05) is 29.3 Å². The predicted octanol–water partition coefficient (Wildman–Crippen LogP) is 2.47. The molecular formula is C11H10Cl2N4O2S. The maximum atomic E-state index is 12.2. The smallest absolute Gasteiger partial charge is 0.263 e. The van der Waals surface area contributed by atoms with Gasteiger partial charge in [0.05, 0.1) is 15.7 Å². The molecule has 0 aliphatic rings. The number of pyridine rings is 1. The number of halogens is 2. The fraction of sp³-hybridized carbons (Fsp3) is 0. The Hall–Kier alpha value is -1.54. The van der Waals surface area contributed by atoms with E-state index in [0.29, 0.717) is 5.82 Å². The summed E-state index contributed by atoms with van der Waals surface area (Å²) < 4.78 is 26.7. The van der Waals surface area contributed by atoms with Crippen LogP contribution in [0.15, 0.2) is 41.4 Å². The predicted molar refractivity (Wildman–Crippen MR) is 79.3 cm³/mol. The van der Waals surface area contributed by atoms with Crippen molar-refractivity contribution in [3.63, 3.8) is 0 Å². The summed E-state index contributed by atoms with van der Waals surface area (Å²) in [5, 5.41) is 0.388. The lowest BCUT2D eigenvalue weighted by atomic mass is 10.3. The second-order valence-corrected chi connectivity index (χ2v) is 6.20. The largest absolute Gasteiger partial charge is 0.308 e. The van der Waals surface area contributed by atoms with Gasteiger partial charge in [0.1, 0.15) is 10.7 Å². The number of benzene rings is 1. The minimum absolute atomic E-state index is 0.0208. The Labute approximate surface area is 125 Å². The number of hydrazine groups is 1. The monoisotopic (exact) mass is 332 g/mol. The number of hydrogen-bond donors (Lipinski definition) is 3. The molecule has 106 valence electrons. The van der Waals surface area contributed by atoms with Crippen molar-refractivity contribution in [2.45, 2.75) is 4.90 Å². The third-order valence-corrected chi connectivity index (χ3v) is 4.56. The molecule has 1 aromatic heterocycles. The summed E-state index contributed by atoms with van der Waals surface area (Å²) in [6.07, 6.45) is 1.18. The fourth-order valence-corrected chi connectivity index (χ4v) is 2.83. The average Bonchev–Trinajstić information content (AvgIpc) is 2.44. The Morgan fingerprint density at radius 2 is 1.90 bits per heavy atom. The van der Waals surface area contributed by atoms with Crippen LogP contribution in [0, 0.1) is 0 Å². The van der Waals surface area contributed by atoms with Crippen molar-refractivity contribution >= 4 is 44.7 Å². The van der Waals surface area contributed by atoms with Gasteiger partial charge in [-0.15, -0.1) is 0 Å². The quantitative estimate of drug-likeness (QED) is 0.590. The molecule has 0 atom stereocenters. The molecule has 0 aliphatic heterocycles. The van der Waals surface area contributed by atoms with Crippen LogP contribution in [0.2, 0.25) is 10.0 Å². The van der Waals surface area contributed by atoms with E-state index in [4.69, 9.17) is 29.0 Å². The Kier molecular flexibility index (Phi) is 4.34. The van der Waals surface area contributed by atoms with Gasteiger partial charge in [0.25, 0.3) is 10.0 Å². The number of nitrogen functional groups attached to an aromatic ring is 1. The molecule has 2 rings (SSSR count). The Balaban J connectivity index is 2.33. The number of hydrogen-bond acceptors (Lipinski definition) is 5. The van der Waals surface area contributed by atoms with Crippen LogP contribution in [0.25, 0.3) is 0 Å². The minimum atomic E-state index is -3.80. The maximum Gasteiger partial charge on any atom is 0.263 e. The Morgan fingerprint density at radius 1 is 1.15 bits per heavy atom. The number of sulfonamides is 1. The van der Waals surface area contributed by atoms with E-state index in [9.17, 15) is 8.42 Å². The van der Waals surface area contributed by atoms with E-state index < -0.39 is 10.0 Å². The normalized spacial score (nSPS) is 11.2. The van der Waals surface area contributed by atoms with Crippen molar-refractivity contribution in [2.24, 2.45) is 5.84 Å². The molecule has 0 radical (unpaired) electrons. The van der Waals surface area contributed by atoms with Gasteiger partial charge in [-0.05, 0) is 24.3 Å². The van der Waals surface area contributed by atoms with Gasteiger partial charge in [-0.3, -0.25) is 4.72 Å². The maximum absolute atomic E-state index is 12.2. The van der Waals surface area contributed by atoms with Gasteiger partial charge in [0.15, 0.2) is 0 Å². The summed E-state index contributed by atoms with van der Waals surface area (Å²) in [5.74, 6) is 5.51. The molecule has 9 heteroatoms. The van der Waals surface area contributed by atoms with Crippen molar-refractivity contribution in [1.82, 2.24) is 4.98 Å². The molecule has 0 aliphatic carbocycles. The van der Waals surface area contributed by atoms with Gasteiger partial charge >= 0.3 is 0 Å².